The Morgan fingerprint density at radius 3 is 2.22 bits per heavy atom. The lowest BCUT2D eigenvalue weighted by Crippen LogP contribution is -2.41. The Morgan fingerprint density at radius 2 is 1.65 bits per heavy atom. The average Bonchev–Trinajstić information content (AvgIpc) is 2.88. The zero-order chi connectivity index (χ0) is 16.7. The van der Waals surface area contributed by atoms with Crippen molar-refractivity contribution in [2.24, 2.45) is 21.5 Å². The van der Waals surface area contributed by atoms with Gasteiger partial charge in [0.05, 0.1) is 33.0 Å². The van der Waals surface area contributed by atoms with Gasteiger partial charge in [-0.3, -0.25) is 0 Å². The molecule has 0 aliphatic carbocycles. The summed E-state index contributed by atoms with van der Waals surface area (Å²) < 4.78 is 10.8. The number of aliphatic imine (C=N–C) groups is 2. The van der Waals surface area contributed by atoms with E-state index in [1.165, 1.54) is 0 Å². The van der Waals surface area contributed by atoms with Crippen LogP contribution in [0.2, 0.25) is 0 Å². The monoisotopic (exact) mass is 322 g/mol. The summed E-state index contributed by atoms with van der Waals surface area (Å²) in [5.41, 5.74) is 11.1. The summed E-state index contributed by atoms with van der Waals surface area (Å²) in [4.78, 5) is 8.71. The van der Waals surface area contributed by atoms with Gasteiger partial charge in [-0.15, -0.1) is 0 Å². The molecule has 23 heavy (non-hydrogen) atoms. The molecular formula is C15H22N4O4. The minimum Gasteiger partial charge on any atom is -0.394 e. The molecule has 8 nitrogen and oxygen atoms in total. The molecule has 0 spiro atoms. The average molecular weight is 322 g/mol. The molecule has 1 heterocycles. The first-order chi connectivity index (χ1) is 11.1. The number of hydrogen-bond acceptors (Lipinski definition) is 8. The van der Waals surface area contributed by atoms with Crippen molar-refractivity contribution in [2.75, 3.05) is 33.0 Å². The highest BCUT2D eigenvalue weighted by molar-refractivity contribution is 6.40. The van der Waals surface area contributed by atoms with E-state index in [0.29, 0.717) is 0 Å². The summed E-state index contributed by atoms with van der Waals surface area (Å²) in [5.74, 6) is 0.236. The van der Waals surface area contributed by atoms with Crippen molar-refractivity contribution >= 4 is 11.7 Å². The van der Waals surface area contributed by atoms with Gasteiger partial charge in [0.15, 0.2) is 11.7 Å². The van der Waals surface area contributed by atoms with Gasteiger partial charge in [0.1, 0.15) is 6.10 Å². The second kappa shape index (κ2) is 8.02. The van der Waals surface area contributed by atoms with Crippen molar-refractivity contribution in [2.45, 2.75) is 11.8 Å². The van der Waals surface area contributed by atoms with Crippen molar-refractivity contribution < 1.29 is 19.7 Å². The zero-order valence-corrected chi connectivity index (χ0v) is 12.8. The molecule has 1 aliphatic rings. The van der Waals surface area contributed by atoms with Crippen molar-refractivity contribution in [3.05, 3.63) is 35.9 Å². The van der Waals surface area contributed by atoms with E-state index in [0.717, 1.165) is 5.56 Å². The Bertz CT molecular complexity index is 544. The number of amidine groups is 2. The van der Waals surface area contributed by atoms with Gasteiger partial charge in [0.25, 0.3) is 0 Å². The summed E-state index contributed by atoms with van der Waals surface area (Å²) >= 11 is 0. The van der Waals surface area contributed by atoms with Crippen LogP contribution in [0.4, 0.5) is 0 Å². The smallest absolute Gasteiger partial charge is 0.208 e. The highest BCUT2D eigenvalue weighted by Crippen LogP contribution is 2.36. The largest absolute Gasteiger partial charge is 0.394 e. The van der Waals surface area contributed by atoms with Gasteiger partial charge in [0.2, 0.25) is 5.66 Å². The highest BCUT2D eigenvalue weighted by Gasteiger charge is 2.44. The topological polar surface area (TPSA) is 136 Å². The normalized spacial score (nSPS) is 17.7. The molecule has 0 fully saturated rings. The fourth-order valence-electron chi connectivity index (χ4n) is 2.36. The molecule has 0 radical (unpaired) electrons. The van der Waals surface area contributed by atoms with Crippen molar-refractivity contribution in [3.8, 4) is 0 Å². The molecule has 0 bridgehead atoms. The fourth-order valence-corrected chi connectivity index (χ4v) is 2.36. The zero-order valence-electron chi connectivity index (χ0n) is 12.8. The minimum atomic E-state index is -1.21. The van der Waals surface area contributed by atoms with Crippen LogP contribution in [0.3, 0.4) is 0 Å². The van der Waals surface area contributed by atoms with Crippen molar-refractivity contribution in [1.29, 1.82) is 0 Å². The predicted molar refractivity (Wildman–Crippen MR) is 86.1 cm³/mol. The Morgan fingerprint density at radius 1 is 1.00 bits per heavy atom. The summed E-state index contributed by atoms with van der Waals surface area (Å²) in [5, 5.41) is 18.4. The van der Waals surface area contributed by atoms with Gasteiger partial charge < -0.3 is 31.2 Å². The molecule has 0 aromatic heterocycles. The molecule has 1 aromatic rings. The molecule has 0 saturated heterocycles. The van der Waals surface area contributed by atoms with Crippen LogP contribution in [0.15, 0.2) is 40.3 Å². The number of aliphatic hydroxyl groups is 2. The van der Waals surface area contributed by atoms with Gasteiger partial charge >= 0.3 is 0 Å². The molecule has 0 amide bonds. The predicted octanol–water partition coefficient (Wildman–Crippen LogP) is -1.05. The van der Waals surface area contributed by atoms with Gasteiger partial charge in [-0.05, 0) is 0 Å². The molecule has 0 saturated carbocycles. The van der Waals surface area contributed by atoms with Gasteiger partial charge in [-0.25, -0.2) is 9.98 Å². The number of nitrogens with two attached hydrogens (primary N) is 2. The number of ether oxygens (including phenoxy) is 2. The van der Waals surface area contributed by atoms with Crippen molar-refractivity contribution in [3.63, 3.8) is 0 Å². The van der Waals surface area contributed by atoms with E-state index in [4.69, 9.17) is 26.0 Å². The van der Waals surface area contributed by atoms with Gasteiger partial charge in [0, 0.05) is 5.56 Å². The van der Waals surface area contributed by atoms with Crippen LogP contribution in [0.1, 0.15) is 5.56 Å². The van der Waals surface area contributed by atoms with E-state index in [-0.39, 0.29) is 44.7 Å². The molecule has 1 unspecified atom stereocenters. The third-order valence-electron chi connectivity index (χ3n) is 3.44. The number of rotatable bonds is 9. The lowest BCUT2D eigenvalue weighted by molar-refractivity contribution is -0.0560. The SMILES string of the molecule is NC1=NC(c2ccccc2)(C(CO)OCCOCCO)N=C1N. The number of nitrogens with zero attached hydrogens (tertiary/aromatic N) is 2. The lowest BCUT2D eigenvalue weighted by atomic mass is 9.95. The van der Waals surface area contributed by atoms with Crippen molar-refractivity contribution in [1.82, 2.24) is 0 Å². The summed E-state index contributed by atoms with van der Waals surface area (Å²) in [7, 11) is 0. The first-order valence-electron chi connectivity index (χ1n) is 7.31. The van der Waals surface area contributed by atoms with E-state index in [9.17, 15) is 5.11 Å². The van der Waals surface area contributed by atoms with Crippen LogP contribution in [-0.4, -0.2) is 61.0 Å². The standard InChI is InChI=1S/C15H22N4O4/c16-13-14(17)19-15(18-13,11-4-2-1-3-5-11)12(10-21)23-9-8-22-7-6-20/h1-5,12,20-21H,6-10H2,(H2,16,18)(H2,17,19). The molecule has 126 valence electrons. The Balaban J connectivity index is 2.20. The van der Waals surface area contributed by atoms with E-state index in [1.807, 2.05) is 30.3 Å². The fraction of sp³-hybridized carbons (Fsp3) is 0.467. The molecule has 1 atom stereocenters. The minimum absolute atomic E-state index is 0.0565. The number of benzene rings is 1. The van der Waals surface area contributed by atoms with E-state index >= 15 is 0 Å². The van der Waals surface area contributed by atoms with Crippen LogP contribution in [0, 0.1) is 0 Å². The molecular weight excluding hydrogens is 300 g/mol. The van der Waals surface area contributed by atoms with Gasteiger partial charge in [-0.2, -0.15) is 0 Å². The Kier molecular flexibility index (Phi) is 6.05. The van der Waals surface area contributed by atoms with Crippen LogP contribution < -0.4 is 11.5 Å². The first-order valence-corrected chi connectivity index (χ1v) is 7.31. The van der Waals surface area contributed by atoms with E-state index in [1.54, 1.807) is 0 Å². The lowest BCUT2D eigenvalue weighted by Gasteiger charge is -2.31. The molecule has 8 heteroatoms. The quantitative estimate of drug-likeness (QED) is 0.429. The van der Waals surface area contributed by atoms with Crippen LogP contribution in [0.5, 0.6) is 0 Å². The van der Waals surface area contributed by atoms with Crippen LogP contribution in [-0.2, 0) is 15.1 Å². The molecule has 1 aromatic carbocycles. The van der Waals surface area contributed by atoms with Crippen LogP contribution in [0.25, 0.3) is 0 Å². The molecule has 1 aliphatic heterocycles. The maximum absolute atomic E-state index is 9.76. The van der Waals surface area contributed by atoms with Crippen LogP contribution >= 0.6 is 0 Å². The first kappa shape index (κ1) is 17.4. The third kappa shape index (κ3) is 3.85. The van der Waals surface area contributed by atoms with Gasteiger partial charge in [-0.1, -0.05) is 30.3 Å². The third-order valence-corrected chi connectivity index (χ3v) is 3.44. The van der Waals surface area contributed by atoms with E-state index < -0.39 is 11.8 Å². The highest BCUT2D eigenvalue weighted by atomic mass is 16.5. The second-order valence-electron chi connectivity index (χ2n) is 4.96. The Hall–Kier alpha value is -2.00. The number of hydrogen-bond donors (Lipinski definition) is 4. The molecule has 6 N–H and O–H groups in total. The molecule has 2 rings (SSSR count). The van der Waals surface area contributed by atoms with E-state index in [2.05, 4.69) is 9.98 Å². The maximum Gasteiger partial charge on any atom is 0.208 e. The maximum atomic E-state index is 9.76. The second-order valence-corrected chi connectivity index (χ2v) is 4.96. The Labute approximate surface area is 134 Å². The number of aliphatic hydroxyl groups excluding tert-OH is 2. The summed E-state index contributed by atoms with van der Waals surface area (Å²) in [6, 6.07) is 9.20. The summed E-state index contributed by atoms with van der Waals surface area (Å²) in [6.07, 6.45) is -0.762. The summed E-state index contributed by atoms with van der Waals surface area (Å²) in [6.45, 7) is 0.347.